The molecule has 0 radical (unpaired) electrons. The van der Waals surface area contributed by atoms with Crippen LogP contribution >= 0.6 is 34.5 Å². The average Bonchev–Trinajstić information content (AvgIpc) is 2.76. The van der Waals surface area contributed by atoms with Gasteiger partial charge in [-0.3, -0.25) is 0 Å². The highest BCUT2D eigenvalue weighted by atomic mass is 35.5. The Hall–Kier alpha value is -0.700. The summed E-state index contributed by atoms with van der Waals surface area (Å²) < 4.78 is 0. The van der Waals surface area contributed by atoms with Crippen molar-refractivity contribution in [3.63, 3.8) is 0 Å². The van der Waals surface area contributed by atoms with Crippen LogP contribution in [0.3, 0.4) is 0 Å². The molecule has 0 saturated carbocycles. The maximum absolute atomic E-state index is 6.08. The van der Waals surface area contributed by atoms with Crippen LogP contribution in [0.5, 0.6) is 0 Å². The number of nitrogens with one attached hydrogen (secondary N) is 1. The molecule has 1 nitrogen and oxygen atoms in total. The minimum Gasteiger partial charge on any atom is -0.376 e. The van der Waals surface area contributed by atoms with Crippen molar-refractivity contribution in [1.82, 2.24) is 0 Å². The van der Waals surface area contributed by atoms with E-state index in [0.717, 1.165) is 5.69 Å². The Labute approximate surface area is 109 Å². The summed E-state index contributed by atoms with van der Waals surface area (Å²) in [6.45, 7) is 2.10. The van der Waals surface area contributed by atoms with E-state index < -0.39 is 0 Å². The zero-order chi connectivity index (χ0) is 11.5. The molecule has 0 spiro atoms. The van der Waals surface area contributed by atoms with E-state index in [4.69, 9.17) is 23.2 Å². The van der Waals surface area contributed by atoms with Crippen molar-refractivity contribution in [2.45, 2.75) is 13.0 Å². The lowest BCUT2D eigenvalue weighted by atomic mass is 10.2. The van der Waals surface area contributed by atoms with Crippen molar-refractivity contribution in [2.75, 3.05) is 5.32 Å². The summed E-state index contributed by atoms with van der Waals surface area (Å²) in [5.41, 5.74) is 0.870. The molecule has 1 aromatic carbocycles. The zero-order valence-corrected chi connectivity index (χ0v) is 11.0. The van der Waals surface area contributed by atoms with Crippen LogP contribution in [-0.4, -0.2) is 0 Å². The molecule has 0 amide bonds. The lowest BCUT2D eigenvalue weighted by Crippen LogP contribution is -2.05. The fourth-order valence-corrected chi connectivity index (χ4v) is 2.53. The van der Waals surface area contributed by atoms with Crippen LogP contribution in [0, 0.1) is 0 Å². The Bertz CT molecular complexity index is 468. The van der Waals surface area contributed by atoms with Gasteiger partial charge in [0.1, 0.15) is 0 Å². The quantitative estimate of drug-likeness (QED) is 0.806. The Morgan fingerprint density at radius 1 is 1.25 bits per heavy atom. The fraction of sp³-hybridized carbons (Fsp3) is 0.167. The number of rotatable bonds is 3. The summed E-state index contributed by atoms with van der Waals surface area (Å²) in [6, 6.07) is 9.79. The molecule has 4 heteroatoms. The van der Waals surface area contributed by atoms with Crippen LogP contribution in [-0.2, 0) is 0 Å². The fourth-order valence-electron chi connectivity index (χ4n) is 1.45. The molecule has 0 aliphatic carbocycles. The molecule has 2 aromatic rings. The van der Waals surface area contributed by atoms with Gasteiger partial charge in [0, 0.05) is 9.90 Å². The highest BCUT2D eigenvalue weighted by Gasteiger charge is 2.08. The van der Waals surface area contributed by atoms with Crippen LogP contribution in [0.4, 0.5) is 5.69 Å². The van der Waals surface area contributed by atoms with Gasteiger partial charge in [0.05, 0.1) is 16.8 Å². The zero-order valence-electron chi connectivity index (χ0n) is 8.71. The largest absolute Gasteiger partial charge is 0.376 e. The minimum atomic E-state index is 0.232. The van der Waals surface area contributed by atoms with Gasteiger partial charge in [-0.05, 0) is 36.6 Å². The summed E-state index contributed by atoms with van der Waals surface area (Å²) in [4.78, 5) is 1.27. The highest BCUT2D eigenvalue weighted by molar-refractivity contribution is 7.10. The van der Waals surface area contributed by atoms with Crippen molar-refractivity contribution in [3.05, 3.63) is 50.6 Å². The molecule has 1 unspecified atom stereocenters. The molecular weight excluding hydrogens is 261 g/mol. The van der Waals surface area contributed by atoms with E-state index in [-0.39, 0.29) is 6.04 Å². The molecule has 0 fully saturated rings. The first-order valence-corrected chi connectivity index (χ1v) is 6.55. The molecule has 0 aliphatic heterocycles. The molecular formula is C12H11Cl2NS. The van der Waals surface area contributed by atoms with E-state index in [1.807, 2.05) is 12.1 Å². The molecule has 1 heterocycles. The molecule has 0 bridgehead atoms. The Kier molecular flexibility index (Phi) is 3.74. The van der Waals surface area contributed by atoms with Crippen LogP contribution in [0.1, 0.15) is 17.8 Å². The Balaban J connectivity index is 2.17. The molecule has 16 heavy (non-hydrogen) atoms. The van der Waals surface area contributed by atoms with Crippen molar-refractivity contribution in [1.29, 1.82) is 0 Å². The van der Waals surface area contributed by atoms with Crippen molar-refractivity contribution in [2.24, 2.45) is 0 Å². The predicted octanol–water partition coefficient (Wildman–Crippen LogP) is 5.23. The van der Waals surface area contributed by atoms with Gasteiger partial charge in [-0.15, -0.1) is 11.3 Å². The van der Waals surface area contributed by atoms with Crippen LogP contribution < -0.4 is 5.32 Å². The number of thiophene rings is 1. The molecule has 0 saturated heterocycles. The number of hydrogen-bond donors (Lipinski definition) is 1. The van der Waals surface area contributed by atoms with E-state index in [0.29, 0.717) is 10.0 Å². The van der Waals surface area contributed by atoms with Gasteiger partial charge in [0.2, 0.25) is 0 Å². The highest BCUT2D eigenvalue weighted by Crippen LogP contribution is 2.30. The maximum Gasteiger partial charge on any atom is 0.0638 e. The van der Waals surface area contributed by atoms with E-state index in [9.17, 15) is 0 Å². The minimum absolute atomic E-state index is 0.232. The molecule has 1 N–H and O–H groups in total. The predicted molar refractivity (Wildman–Crippen MR) is 72.8 cm³/mol. The standard InChI is InChI=1S/C12H11Cl2NS/c1-8(12-3-2-6-16-12)15-11-7-9(13)4-5-10(11)14/h2-8,15H,1H3. The first kappa shape index (κ1) is 11.8. The second-order valence-electron chi connectivity index (χ2n) is 3.51. The molecule has 1 atom stereocenters. The molecule has 84 valence electrons. The van der Waals surface area contributed by atoms with E-state index in [1.165, 1.54) is 4.88 Å². The second kappa shape index (κ2) is 5.09. The van der Waals surface area contributed by atoms with Crippen molar-refractivity contribution in [3.8, 4) is 0 Å². The molecule has 0 aliphatic rings. The molecule has 1 aromatic heterocycles. The number of benzene rings is 1. The maximum atomic E-state index is 6.08. The van der Waals surface area contributed by atoms with Gasteiger partial charge < -0.3 is 5.32 Å². The number of halogens is 2. The normalized spacial score (nSPS) is 12.4. The van der Waals surface area contributed by atoms with Gasteiger partial charge in [-0.25, -0.2) is 0 Å². The summed E-state index contributed by atoms with van der Waals surface area (Å²) in [6.07, 6.45) is 0. The van der Waals surface area contributed by atoms with Crippen LogP contribution in [0.15, 0.2) is 35.7 Å². The topological polar surface area (TPSA) is 12.0 Å². The number of anilines is 1. The van der Waals surface area contributed by atoms with E-state index >= 15 is 0 Å². The first-order chi connectivity index (χ1) is 7.66. The van der Waals surface area contributed by atoms with Gasteiger partial charge >= 0.3 is 0 Å². The summed E-state index contributed by atoms with van der Waals surface area (Å²) in [5.74, 6) is 0. The van der Waals surface area contributed by atoms with Crippen molar-refractivity contribution < 1.29 is 0 Å². The van der Waals surface area contributed by atoms with Gasteiger partial charge in [0.25, 0.3) is 0 Å². The summed E-state index contributed by atoms with van der Waals surface area (Å²) in [7, 11) is 0. The smallest absolute Gasteiger partial charge is 0.0638 e. The van der Waals surface area contributed by atoms with Crippen LogP contribution in [0.2, 0.25) is 10.0 Å². The monoisotopic (exact) mass is 271 g/mol. The van der Waals surface area contributed by atoms with E-state index in [2.05, 4.69) is 23.7 Å². The number of hydrogen-bond acceptors (Lipinski definition) is 2. The summed E-state index contributed by atoms with van der Waals surface area (Å²) >= 11 is 13.7. The SMILES string of the molecule is CC(Nc1cc(Cl)ccc1Cl)c1cccs1. The van der Waals surface area contributed by atoms with Gasteiger partial charge in [-0.1, -0.05) is 29.3 Å². The van der Waals surface area contributed by atoms with Gasteiger partial charge in [-0.2, -0.15) is 0 Å². The van der Waals surface area contributed by atoms with Crippen LogP contribution in [0.25, 0.3) is 0 Å². The lowest BCUT2D eigenvalue weighted by Gasteiger charge is -2.15. The average molecular weight is 272 g/mol. The summed E-state index contributed by atoms with van der Waals surface area (Å²) in [5, 5.41) is 6.78. The first-order valence-electron chi connectivity index (χ1n) is 4.92. The third kappa shape index (κ3) is 2.70. The Morgan fingerprint density at radius 2 is 2.06 bits per heavy atom. The third-order valence-corrected chi connectivity index (χ3v) is 3.89. The van der Waals surface area contributed by atoms with Crippen molar-refractivity contribution >= 4 is 40.2 Å². The Morgan fingerprint density at radius 3 is 2.75 bits per heavy atom. The lowest BCUT2D eigenvalue weighted by molar-refractivity contribution is 0.908. The second-order valence-corrected chi connectivity index (χ2v) is 5.33. The third-order valence-electron chi connectivity index (χ3n) is 2.27. The van der Waals surface area contributed by atoms with Gasteiger partial charge in [0.15, 0.2) is 0 Å². The molecule has 2 rings (SSSR count). The van der Waals surface area contributed by atoms with E-state index in [1.54, 1.807) is 23.5 Å².